The van der Waals surface area contributed by atoms with Gasteiger partial charge in [0.05, 0.1) is 5.57 Å². The van der Waals surface area contributed by atoms with Crippen LogP contribution in [0, 0.1) is 24.7 Å². The first-order valence-electron chi connectivity index (χ1n) is 14.5. The Kier molecular flexibility index (Phi) is 8.83. The SMILES string of the molecule is CCC1C(=O)C(C(C)=O)=C(C)CC1CC1CC(=O)c2c(C)c(CC(=O)Cc3ccccc3)cc(C(C)C)c2C1. The Morgan fingerprint density at radius 2 is 1.67 bits per heavy atom. The van der Waals surface area contributed by atoms with E-state index in [1.54, 1.807) is 0 Å². The summed E-state index contributed by atoms with van der Waals surface area (Å²) in [5, 5.41) is 0. The minimum atomic E-state index is -0.159. The summed E-state index contributed by atoms with van der Waals surface area (Å²) in [6, 6.07) is 12.0. The van der Waals surface area contributed by atoms with Crippen molar-refractivity contribution >= 4 is 23.1 Å². The van der Waals surface area contributed by atoms with Crippen molar-refractivity contribution in [1.29, 1.82) is 0 Å². The van der Waals surface area contributed by atoms with Crippen molar-refractivity contribution in [3.8, 4) is 0 Å². The summed E-state index contributed by atoms with van der Waals surface area (Å²) < 4.78 is 0. The van der Waals surface area contributed by atoms with Crippen LogP contribution in [-0.4, -0.2) is 23.1 Å². The van der Waals surface area contributed by atoms with Crippen LogP contribution in [0.4, 0.5) is 0 Å². The number of hydrogen-bond acceptors (Lipinski definition) is 4. The van der Waals surface area contributed by atoms with Crippen LogP contribution in [0.2, 0.25) is 0 Å². The van der Waals surface area contributed by atoms with Gasteiger partial charge >= 0.3 is 0 Å². The van der Waals surface area contributed by atoms with Crippen molar-refractivity contribution in [3.63, 3.8) is 0 Å². The first-order chi connectivity index (χ1) is 18.5. The van der Waals surface area contributed by atoms with E-state index in [4.69, 9.17) is 0 Å². The molecule has 4 heteroatoms. The number of rotatable bonds is 9. The Bertz CT molecular complexity index is 1330. The lowest BCUT2D eigenvalue weighted by molar-refractivity contribution is -0.125. The summed E-state index contributed by atoms with van der Waals surface area (Å²) in [5.41, 5.74) is 7.33. The lowest BCUT2D eigenvalue weighted by Gasteiger charge is -2.36. The van der Waals surface area contributed by atoms with Crippen molar-refractivity contribution in [1.82, 2.24) is 0 Å². The molecular formula is C35H42O4. The van der Waals surface area contributed by atoms with Crippen LogP contribution < -0.4 is 0 Å². The first-order valence-corrected chi connectivity index (χ1v) is 14.5. The van der Waals surface area contributed by atoms with Crippen LogP contribution in [0.1, 0.15) is 104 Å². The molecule has 0 saturated heterocycles. The van der Waals surface area contributed by atoms with Crippen LogP contribution in [-0.2, 0) is 33.6 Å². The summed E-state index contributed by atoms with van der Waals surface area (Å²) in [6.07, 6.45) is 4.27. The molecule has 0 saturated carbocycles. The van der Waals surface area contributed by atoms with Crippen molar-refractivity contribution < 1.29 is 19.2 Å². The highest BCUT2D eigenvalue weighted by atomic mass is 16.2. The Morgan fingerprint density at radius 3 is 2.28 bits per heavy atom. The second-order valence-electron chi connectivity index (χ2n) is 12.1. The van der Waals surface area contributed by atoms with E-state index in [0.717, 1.165) is 58.2 Å². The minimum Gasteiger partial charge on any atom is -0.299 e. The van der Waals surface area contributed by atoms with E-state index in [1.807, 2.05) is 51.1 Å². The second kappa shape index (κ2) is 11.9. The van der Waals surface area contributed by atoms with Gasteiger partial charge in [0.1, 0.15) is 5.78 Å². The molecule has 0 bridgehead atoms. The van der Waals surface area contributed by atoms with E-state index < -0.39 is 0 Å². The molecule has 2 aromatic rings. The Morgan fingerprint density at radius 1 is 0.974 bits per heavy atom. The van der Waals surface area contributed by atoms with E-state index in [1.165, 1.54) is 6.92 Å². The second-order valence-corrected chi connectivity index (χ2v) is 12.1. The molecule has 0 aromatic heterocycles. The molecule has 3 atom stereocenters. The predicted octanol–water partition coefficient (Wildman–Crippen LogP) is 7.13. The summed E-state index contributed by atoms with van der Waals surface area (Å²) in [4.78, 5) is 52.0. The maximum atomic E-state index is 13.7. The van der Waals surface area contributed by atoms with E-state index >= 15 is 0 Å². The monoisotopic (exact) mass is 526 g/mol. The van der Waals surface area contributed by atoms with Crippen molar-refractivity contribution in [3.05, 3.63) is 80.9 Å². The van der Waals surface area contributed by atoms with Gasteiger partial charge in [0.2, 0.25) is 0 Å². The fourth-order valence-electron chi connectivity index (χ4n) is 7.12. The molecule has 4 nitrogen and oxygen atoms in total. The van der Waals surface area contributed by atoms with Crippen LogP contribution in [0.25, 0.3) is 0 Å². The number of benzene rings is 2. The van der Waals surface area contributed by atoms with E-state index in [-0.39, 0.29) is 46.8 Å². The maximum Gasteiger partial charge on any atom is 0.169 e. The highest BCUT2D eigenvalue weighted by Gasteiger charge is 2.39. The van der Waals surface area contributed by atoms with Crippen LogP contribution in [0.15, 0.2) is 47.5 Å². The lowest BCUT2D eigenvalue weighted by Crippen LogP contribution is -2.35. The molecule has 2 aromatic carbocycles. The zero-order valence-corrected chi connectivity index (χ0v) is 24.4. The molecule has 0 aliphatic heterocycles. The standard InChI is InChI=1S/C35H42O4/c1-7-29-27(13-21(4)33(23(6)36)35(29)39)14-25-16-31-30(20(2)3)19-26(22(5)34(31)32(38)17-25)18-28(37)15-24-11-9-8-10-12-24/h8-12,19-20,25,27,29H,7,13-18H2,1-6H3. The minimum absolute atomic E-state index is 0.00943. The molecule has 3 unspecified atom stereocenters. The number of allylic oxidation sites excluding steroid dienone is 2. The van der Waals surface area contributed by atoms with Crippen LogP contribution >= 0.6 is 0 Å². The maximum absolute atomic E-state index is 13.7. The molecule has 0 amide bonds. The first kappa shape index (κ1) is 28.9. The molecular weight excluding hydrogens is 484 g/mol. The highest BCUT2D eigenvalue weighted by molar-refractivity contribution is 6.21. The Balaban J connectivity index is 1.60. The normalized spacial score (nSPS) is 21.4. The number of hydrogen-bond donors (Lipinski definition) is 0. The van der Waals surface area contributed by atoms with Gasteiger partial charge in [-0.15, -0.1) is 0 Å². The summed E-state index contributed by atoms with van der Waals surface area (Å²) in [5.74, 6) is 0.571. The van der Waals surface area contributed by atoms with Gasteiger partial charge in [-0.1, -0.05) is 62.7 Å². The zero-order valence-electron chi connectivity index (χ0n) is 24.4. The summed E-state index contributed by atoms with van der Waals surface area (Å²) in [6.45, 7) is 11.7. The summed E-state index contributed by atoms with van der Waals surface area (Å²) in [7, 11) is 0. The molecule has 4 rings (SSSR count). The predicted molar refractivity (Wildman–Crippen MR) is 155 cm³/mol. The number of carbonyl (C=O) groups excluding carboxylic acids is 4. The van der Waals surface area contributed by atoms with Gasteiger partial charge in [-0.3, -0.25) is 19.2 Å². The van der Waals surface area contributed by atoms with E-state index in [2.05, 4.69) is 19.9 Å². The van der Waals surface area contributed by atoms with Gasteiger partial charge in [0.25, 0.3) is 0 Å². The number of ketones is 4. The largest absolute Gasteiger partial charge is 0.299 e. The molecule has 0 radical (unpaired) electrons. The average Bonchev–Trinajstić information content (AvgIpc) is 2.85. The average molecular weight is 527 g/mol. The molecule has 0 heterocycles. The third kappa shape index (κ3) is 6.05. The van der Waals surface area contributed by atoms with Gasteiger partial charge < -0.3 is 0 Å². The van der Waals surface area contributed by atoms with Crippen LogP contribution in [0.5, 0.6) is 0 Å². The molecule has 0 N–H and O–H groups in total. The van der Waals surface area contributed by atoms with Crippen molar-refractivity contribution in [2.24, 2.45) is 17.8 Å². The lowest BCUT2D eigenvalue weighted by atomic mass is 9.67. The number of Topliss-reactive ketones (excluding diaryl/α,β-unsaturated/α-hetero) is 4. The Labute approximate surface area is 233 Å². The quantitative estimate of drug-likeness (QED) is 0.326. The molecule has 2 aliphatic carbocycles. The topological polar surface area (TPSA) is 68.3 Å². The van der Waals surface area contributed by atoms with Gasteiger partial charge in [-0.2, -0.15) is 0 Å². The third-order valence-corrected chi connectivity index (χ3v) is 8.91. The molecule has 39 heavy (non-hydrogen) atoms. The van der Waals surface area contributed by atoms with Crippen molar-refractivity contribution in [2.75, 3.05) is 0 Å². The van der Waals surface area contributed by atoms with Gasteiger partial charge in [0, 0.05) is 30.7 Å². The molecule has 2 aliphatic rings. The van der Waals surface area contributed by atoms with Crippen molar-refractivity contribution in [2.45, 2.75) is 92.4 Å². The third-order valence-electron chi connectivity index (χ3n) is 8.91. The van der Waals surface area contributed by atoms with Gasteiger partial charge in [0.15, 0.2) is 17.3 Å². The Hall–Kier alpha value is -3.14. The van der Waals surface area contributed by atoms with Gasteiger partial charge in [-0.05, 0) is 92.0 Å². The van der Waals surface area contributed by atoms with Crippen LogP contribution in [0.3, 0.4) is 0 Å². The fourth-order valence-corrected chi connectivity index (χ4v) is 7.12. The molecule has 0 spiro atoms. The molecule has 206 valence electrons. The van der Waals surface area contributed by atoms with E-state index in [0.29, 0.717) is 31.3 Å². The smallest absolute Gasteiger partial charge is 0.169 e. The van der Waals surface area contributed by atoms with Gasteiger partial charge in [-0.25, -0.2) is 0 Å². The molecule has 0 fully saturated rings. The van der Waals surface area contributed by atoms with E-state index in [9.17, 15) is 19.2 Å². The summed E-state index contributed by atoms with van der Waals surface area (Å²) >= 11 is 0. The zero-order chi connectivity index (χ0) is 28.4. The highest BCUT2D eigenvalue weighted by Crippen LogP contribution is 2.42. The fraction of sp³-hybridized carbons (Fsp3) is 0.486. The number of carbonyl (C=O) groups is 4. The number of fused-ring (bicyclic) bond motifs is 1.